The Morgan fingerprint density at radius 2 is 1.95 bits per heavy atom. The van der Waals surface area contributed by atoms with Gasteiger partial charge in [0.15, 0.2) is 5.69 Å². The zero-order valence-electron chi connectivity index (χ0n) is 12.7. The third-order valence-electron chi connectivity index (χ3n) is 3.59. The molecule has 1 amide bonds. The van der Waals surface area contributed by atoms with Gasteiger partial charge in [0.25, 0.3) is 0 Å². The minimum atomic E-state index is -1.17. The molecule has 1 unspecified atom stereocenters. The first-order valence-electron chi connectivity index (χ1n) is 6.84. The number of hydrogen-bond donors (Lipinski definition) is 1. The van der Waals surface area contributed by atoms with Gasteiger partial charge in [-0.3, -0.25) is 4.79 Å². The van der Waals surface area contributed by atoms with E-state index in [2.05, 4.69) is 10.3 Å². The summed E-state index contributed by atoms with van der Waals surface area (Å²) in [7, 11) is 1.71. The lowest BCUT2D eigenvalue weighted by Gasteiger charge is -2.25. The largest absolute Gasteiger partial charge is 0.476 e. The number of benzene rings is 1. The summed E-state index contributed by atoms with van der Waals surface area (Å²) in [6.07, 6.45) is 1.24. The lowest BCUT2D eigenvalue weighted by molar-refractivity contribution is -0.132. The number of carboxylic acids is 1. The molecule has 1 atom stereocenters. The van der Waals surface area contributed by atoms with E-state index in [4.69, 9.17) is 5.11 Å². The van der Waals surface area contributed by atoms with Gasteiger partial charge < -0.3 is 10.0 Å². The fourth-order valence-corrected chi connectivity index (χ4v) is 2.01. The zero-order valence-corrected chi connectivity index (χ0v) is 12.7. The molecule has 0 aliphatic rings. The van der Waals surface area contributed by atoms with Crippen LogP contribution >= 0.6 is 0 Å². The SMILES string of the molecule is Cc1ccc(C(C)N(C)C(=O)Cn2cc(C(=O)O)nn2)cc1. The maximum atomic E-state index is 12.3. The number of carbonyl (C=O) groups excluding carboxylic acids is 1. The summed E-state index contributed by atoms with van der Waals surface area (Å²) < 4.78 is 1.23. The summed E-state index contributed by atoms with van der Waals surface area (Å²) in [6, 6.07) is 7.89. The maximum Gasteiger partial charge on any atom is 0.358 e. The van der Waals surface area contributed by atoms with Crippen molar-refractivity contribution in [1.82, 2.24) is 19.9 Å². The molecule has 2 aromatic rings. The molecule has 0 fully saturated rings. The average molecular weight is 302 g/mol. The lowest BCUT2D eigenvalue weighted by Crippen LogP contribution is -2.32. The summed E-state index contributed by atoms with van der Waals surface area (Å²) in [5.41, 5.74) is 2.02. The Bertz CT molecular complexity index is 678. The maximum absolute atomic E-state index is 12.3. The molecule has 0 aliphatic carbocycles. The van der Waals surface area contributed by atoms with Crippen LogP contribution in [0.25, 0.3) is 0 Å². The highest BCUT2D eigenvalue weighted by Gasteiger charge is 2.19. The molecule has 2 rings (SSSR count). The Balaban J connectivity index is 2.04. The van der Waals surface area contributed by atoms with E-state index in [0.717, 1.165) is 11.1 Å². The molecule has 1 aromatic heterocycles. The molecule has 7 heteroatoms. The summed E-state index contributed by atoms with van der Waals surface area (Å²) >= 11 is 0. The predicted octanol–water partition coefficient (Wildman–Crippen LogP) is 1.50. The molecule has 0 saturated carbocycles. The molecule has 0 bridgehead atoms. The van der Waals surface area contributed by atoms with Crippen molar-refractivity contribution in [1.29, 1.82) is 0 Å². The normalized spacial score (nSPS) is 12.0. The number of amides is 1. The molecular weight excluding hydrogens is 284 g/mol. The van der Waals surface area contributed by atoms with Crippen LogP contribution in [0.4, 0.5) is 0 Å². The predicted molar refractivity (Wildman–Crippen MR) is 79.3 cm³/mol. The number of hydrogen-bond acceptors (Lipinski definition) is 4. The third kappa shape index (κ3) is 3.49. The van der Waals surface area contributed by atoms with Gasteiger partial charge >= 0.3 is 5.97 Å². The van der Waals surface area contributed by atoms with Crippen LogP contribution in [-0.4, -0.2) is 43.9 Å². The van der Waals surface area contributed by atoms with Crippen LogP contribution in [0.15, 0.2) is 30.5 Å². The van der Waals surface area contributed by atoms with Gasteiger partial charge in [0.05, 0.1) is 12.2 Å². The topological polar surface area (TPSA) is 88.3 Å². The fourth-order valence-electron chi connectivity index (χ4n) is 2.01. The molecule has 116 valence electrons. The summed E-state index contributed by atoms with van der Waals surface area (Å²) in [4.78, 5) is 24.6. The standard InChI is InChI=1S/C15H18N4O3/c1-10-4-6-12(7-5-10)11(2)18(3)14(20)9-19-8-13(15(21)22)16-17-19/h4-8,11H,9H2,1-3H3,(H,21,22). The van der Waals surface area contributed by atoms with Crippen molar-refractivity contribution >= 4 is 11.9 Å². The zero-order chi connectivity index (χ0) is 16.3. The second-order valence-electron chi connectivity index (χ2n) is 5.20. The lowest BCUT2D eigenvalue weighted by atomic mass is 10.1. The summed E-state index contributed by atoms with van der Waals surface area (Å²) in [5, 5.41) is 15.9. The van der Waals surface area contributed by atoms with Crippen molar-refractivity contribution < 1.29 is 14.7 Å². The molecule has 1 N–H and O–H groups in total. The van der Waals surface area contributed by atoms with E-state index in [1.807, 2.05) is 38.1 Å². The van der Waals surface area contributed by atoms with Crippen LogP contribution in [0, 0.1) is 6.92 Å². The third-order valence-corrected chi connectivity index (χ3v) is 3.59. The van der Waals surface area contributed by atoms with E-state index in [9.17, 15) is 9.59 Å². The Labute approximate surface area is 128 Å². The van der Waals surface area contributed by atoms with E-state index in [1.165, 1.54) is 10.9 Å². The number of likely N-dealkylation sites (N-methyl/N-ethyl adjacent to an activating group) is 1. The Hall–Kier alpha value is -2.70. The minimum Gasteiger partial charge on any atom is -0.476 e. The second-order valence-corrected chi connectivity index (χ2v) is 5.20. The molecule has 0 radical (unpaired) electrons. The van der Waals surface area contributed by atoms with Gasteiger partial charge in [-0.15, -0.1) is 5.10 Å². The van der Waals surface area contributed by atoms with Gasteiger partial charge in [-0.1, -0.05) is 35.0 Å². The summed E-state index contributed by atoms with van der Waals surface area (Å²) in [6.45, 7) is 3.90. The van der Waals surface area contributed by atoms with Crippen molar-refractivity contribution in [3.8, 4) is 0 Å². The number of nitrogens with zero attached hydrogens (tertiary/aromatic N) is 4. The molecule has 1 aromatic carbocycles. The number of carboxylic acid groups (broad SMARTS) is 1. The van der Waals surface area contributed by atoms with Gasteiger partial charge in [-0.2, -0.15) is 0 Å². The fraction of sp³-hybridized carbons (Fsp3) is 0.333. The highest BCUT2D eigenvalue weighted by Crippen LogP contribution is 2.19. The van der Waals surface area contributed by atoms with Crippen molar-refractivity contribution in [2.75, 3.05) is 7.05 Å². The van der Waals surface area contributed by atoms with E-state index < -0.39 is 5.97 Å². The number of aryl methyl sites for hydroxylation is 1. The smallest absolute Gasteiger partial charge is 0.358 e. The van der Waals surface area contributed by atoms with Gasteiger partial charge in [0.2, 0.25) is 5.91 Å². The van der Waals surface area contributed by atoms with E-state index in [1.54, 1.807) is 11.9 Å². The Kier molecular flexibility index (Phi) is 4.55. The molecule has 22 heavy (non-hydrogen) atoms. The van der Waals surface area contributed by atoms with Crippen molar-refractivity contribution in [3.63, 3.8) is 0 Å². The van der Waals surface area contributed by atoms with E-state index in [0.29, 0.717) is 0 Å². The molecule has 7 nitrogen and oxygen atoms in total. The Morgan fingerprint density at radius 3 is 2.50 bits per heavy atom. The first kappa shape index (κ1) is 15.7. The Morgan fingerprint density at radius 1 is 1.32 bits per heavy atom. The van der Waals surface area contributed by atoms with Crippen molar-refractivity contribution in [2.24, 2.45) is 0 Å². The van der Waals surface area contributed by atoms with Gasteiger partial charge in [-0.25, -0.2) is 9.48 Å². The number of rotatable bonds is 5. The van der Waals surface area contributed by atoms with Gasteiger partial charge in [0.1, 0.15) is 6.54 Å². The average Bonchev–Trinajstić information content (AvgIpc) is 2.95. The molecule has 0 saturated heterocycles. The van der Waals surface area contributed by atoms with Gasteiger partial charge in [0, 0.05) is 7.05 Å². The molecule has 0 aliphatic heterocycles. The second kappa shape index (κ2) is 6.38. The van der Waals surface area contributed by atoms with E-state index in [-0.39, 0.29) is 24.2 Å². The molecule has 0 spiro atoms. The van der Waals surface area contributed by atoms with E-state index >= 15 is 0 Å². The highest BCUT2D eigenvalue weighted by atomic mass is 16.4. The highest BCUT2D eigenvalue weighted by molar-refractivity contribution is 5.84. The first-order chi connectivity index (χ1) is 10.4. The van der Waals surface area contributed by atoms with Crippen molar-refractivity contribution in [2.45, 2.75) is 26.4 Å². The summed E-state index contributed by atoms with van der Waals surface area (Å²) in [5.74, 6) is -1.34. The van der Waals surface area contributed by atoms with Crippen molar-refractivity contribution in [3.05, 3.63) is 47.3 Å². The van der Waals surface area contributed by atoms with Gasteiger partial charge in [-0.05, 0) is 19.4 Å². The minimum absolute atomic E-state index is 0.0486. The monoisotopic (exact) mass is 302 g/mol. The van der Waals surface area contributed by atoms with Crippen LogP contribution in [-0.2, 0) is 11.3 Å². The van der Waals surface area contributed by atoms with Crippen LogP contribution in [0.5, 0.6) is 0 Å². The van der Waals surface area contributed by atoms with Crippen LogP contribution in [0.2, 0.25) is 0 Å². The number of aromatic nitrogens is 3. The van der Waals surface area contributed by atoms with Crippen LogP contribution in [0.1, 0.15) is 34.6 Å². The first-order valence-corrected chi connectivity index (χ1v) is 6.84. The quantitative estimate of drug-likeness (QED) is 0.904. The van der Waals surface area contributed by atoms with Crippen LogP contribution < -0.4 is 0 Å². The van der Waals surface area contributed by atoms with Crippen LogP contribution in [0.3, 0.4) is 0 Å². The molecule has 1 heterocycles. The number of carbonyl (C=O) groups is 2. The number of aromatic carboxylic acids is 1. The molecular formula is C15H18N4O3.